The lowest BCUT2D eigenvalue weighted by molar-refractivity contribution is 0.0275. The molecule has 4 N–H and O–H groups in total. The summed E-state index contributed by atoms with van der Waals surface area (Å²) in [6, 6.07) is 10.2. The highest BCUT2D eigenvalue weighted by Gasteiger charge is 2.41. The van der Waals surface area contributed by atoms with Crippen LogP contribution in [0, 0.1) is 0 Å². The number of phenols is 3. The highest BCUT2D eigenvalue weighted by Crippen LogP contribution is 2.36. The molecule has 1 fully saturated rings. The molecule has 3 aromatic carbocycles. The number of hydrogen-bond acceptors (Lipinski definition) is 12. The average molecular weight is 657 g/mol. The maximum atomic E-state index is 13.6. The number of phenolic OH excluding ortho intramolecular Hbond substituents is 3. The van der Waals surface area contributed by atoms with Gasteiger partial charge in [-0.1, -0.05) is 6.07 Å². The SMILES string of the molecule is CCOC(=O)c1cccc(O)c1C(=O)c1c(O)cc(C(=O)O[C@@H]2CN(S(C)(=O)=O)C[C@H]2NC(=O)c2ccc(O)cc2)cc1OCC. The first-order valence-electron chi connectivity index (χ1n) is 14.0. The zero-order valence-electron chi connectivity index (χ0n) is 25.1. The summed E-state index contributed by atoms with van der Waals surface area (Å²) in [4.78, 5) is 52.3. The molecule has 0 saturated carbocycles. The molecule has 14 nitrogen and oxygen atoms in total. The van der Waals surface area contributed by atoms with Crippen LogP contribution >= 0.6 is 0 Å². The number of ether oxygens (including phenoxy) is 3. The van der Waals surface area contributed by atoms with Crippen LogP contribution in [-0.4, -0.2) is 96.4 Å². The van der Waals surface area contributed by atoms with Gasteiger partial charge in [-0.25, -0.2) is 18.0 Å². The third-order valence-corrected chi connectivity index (χ3v) is 8.25. The molecule has 1 heterocycles. The van der Waals surface area contributed by atoms with Crippen LogP contribution in [0.5, 0.6) is 23.0 Å². The first-order valence-corrected chi connectivity index (χ1v) is 15.9. The molecule has 2 atom stereocenters. The lowest BCUT2D eigenvalue weighted by atomic mass is 9.95. The number of aromatic hydroxyl groups is 3. The molecular weight excluding hydrogens is 624 g/mol. The lowest BCUT2D eigenvalue weighted by Gasteiger charge is -2.21. The standard InChI is InChI=1S/C31H32N2O12S/c1-4-43-24-14-18(13-23(36)27(24)28(37)26-20(31(40)44-5-2)7-6-8-22(26)35)30(39)45-25-16-33(46(3,41)42)15-21(25)32-29(38)17-9-11-19(34)12-10-17/h6-14,21,25,34-36H,4-5,15-16H2,1-3H3,(H,32,38)/t21-,25-/m1/s1. The number of carbonyl (C=O) groups is 4. The molecule has 1 aliphatic heterocycles. The van der Waals surface area contributed by atoms with Crippen molar-refractivity contribution in [1.29, 1.82) is 0 Å². The van der Waals surface area contributed by atoms with Gasteiger partial charge in [-0.15, -0.1) is 0 Å². The van der Waals surface area contributed by atoms with Crippen molar-refractivity contribution in [2.75, 3.05) is 32.6 Å². The molecule has 15 heteroatoms. The van der Waals surface area contributed by atoms with E-state index in [9.17, 15) is 42.9 Å². The highest BCUT2D eigenvalue weighted by molar-refractivity contribution is 7.88. The number of sulfonamides is 1. The van der Waals surface area contributed by atoms with E-state index in [0.717, 1.165) is 22.7 Å². The molecule has 1 amide bonds. The van der Waals surface area contributed by atoms with E-state index in [2.05, 4.69) is 5.32 Å². The Hall–Kier alpha value is -5.15. The van der Waals surface area contributed by atoms with Crippen LogP contribution < -0.4 is 10.1 Å². The van der Waals surface area contributed by atoms with Crippen molar-refractivity contribution < 1.29 is 57.1 Å². The van der Waals surface area contributed by atoms with E-state index >= 15 is 0 Å². The topological polar surface area (TPSA) is 206 Å². The lowest BCUT2D eigenvalue weighted by Crippen LogP contribution is -2.44. The molecule has 1 aliphatic rings. The van der Waals surface area contributed by atoms with Gasteiger partial charge in [-0.05, 0) is 62.4 Å². The smallest absolute Gasteiger partial charge is 0.339 e. The molecule has 46 heavy (non-hydrogen) atoms. The van der Waals surface area contributed by atoms with Crippen molar-refractivity contribution in [2.45, 2.75) is 26.0 Å². The Morgan fingerprint density at radius 1 is 0.870 bits per heavy atom. The fraction of sp³-hybridized carbons (Fsp3) is 0.290. The minimum atomic E-state index is -3.75. The van der Waals surface area contributed by atoms with Gasteiger partial charge < -0.3 is 34.8 Å². The fourth-order valence-electron chi connectivity index (χ4n) is 4.84. The van der Waals surface area contributed by atoms with Crippen molar-refractivity contribution in [2.24, 2.45) is 0 Å². The molecule has 0 spiro atoms. The summed E-state index contributed by atoms with van der Waals surface area (Å²) in [6.45, 7) is 2.65. The zero-order valence-corrected chi connectivity index (χ0v) is 25.9. The quantitative estimate of drug-likeness (QED) is 0.173. The molecule has 0 unspecified atom stereocenters. The van der Waals surface area contributed by atoms with E-state index in [0.29, 0.717) is 0 Å². The Bertz CT molecular complexity index is 1770. The maximum Gasteiger partial charge on any atom is 0.339 e. The van der Waals surface area contributed by atoms with Gasteiger partial charge in [-0.2, -0.15) is 4.31 Å². The van der Waals surface area contributed by atoms with E-state index in [1.807, 2.05) is 0 Å². The number of ketones is 1. The average Bonchev–Trinajstić information content (AvgIpc) is 3.39. The number of rotatable bonds is 11. The Kier molecular flexibility index (Phi) is 10.2. The summed E-state index contributed by atoms with van der Waals surface area (Å²) >= 11 is 0. The summed E-state index contributed by atoms with van der Waals surface area (Å²) < 4.78 is 41.8. The fourth-order valence-corrected chi connectivity index (χ4v) is 5.69. The second-order valence-electron chi connectivity index (χ2n) is 10.2. The summed E-state index contributed by atoms with van der Waals surface area (Å²) in [5.74, 6) is -5.13. The minimum absolute atomic E-state index is 0.00133. The summed E-state index contributed by atoms with van der Waals surface area (Å²) in [5.41, 5.74) is -1.26. The predicted molar refractivity (Wildman–Crippen MR) is 162 cm³/mol. The van der Waals surface area contributed by atoms with Crippen LogP contribution in [0.15, 0.2) is 54.6 Å². The van der Waals surface area contributed by atoms with E-state index in [1.54, 1.807) is 13.8 Å². The van der Waals surface area contributed by atoms with Crippen molar-refractivity contribution in [3.05, 3.63) is 82.4 Å². The Balaban J connectivity index is 1.65. The van der Waals surface area contributed by atoms with Gasteiger partial charge in [0.15, 0.2) is 0 Å². The largest absolute Gasteiger partial charge is 0.508 e. The van der Waals surface area contributed by atoms with Gasteiger partial charge in [0.1, 0.15) is 34.7 Å². The Labute approximate surface area is 264 Å². The third kappa shape index (κ3) is 7.38. The summed E-state index contributed by atoms with van der Waals surface area (Å²) in [5, 5.41) is 33.6. The molecule has 0 aliphatic carbocycles. The Morgan fingerprint density at radius 3 is 2.20 bits per heavy atom. The van der Waals surface area contributed by atoms with Gasteiger partial charge in [-0.3, -0.25) is 9.59 Å². The van der Waals surface area contributed by atoms with E-state index < -0.39 is 68.4 Å². The Morgan fingerprint density at radius 2 is 1.57 bits per heavy atom. The monoisotopic (exact) mass is 656 g/mol. The minimum Gasteiger partial charge on any atom is -0.508 e. The van der Waals surface area contributed by atoms with Crippen LogP contribution in [-0.2, 0) is 19.5 Å². The van der Waals surface area contributed by atoms with Gasteiger partial charge in [0.2, 0.25) is 15.8 Å². The van der Waals surface area contributed by atoms with Crippen LogP contribution in [0.25, 0.3) is 0 Å². The number of nitrogens with one attached hydrogen (secondary N) is 1. The molecule has 244 valence electrons. The number of hydrogen-bond donors (Lipinski definition) is 4. The molecule has 3 aromatic rings. The zero-order chi connectivity index (χ0) is 33.8. The van der Waals surface area contributed by atoms with Crippen molar-refractivity contribution in [1.82, 2.24) is 9.62 Å². The predicted octanol–water partition coefficient (Wildman–Crippen LogP) is 2.21. The van der Waals surface area contributed by atoms with E-state index in [1.165, 1.54) is 42.5 Å². The van der Waals surface area contributed by atoms with Gasteiger partial charge >= 0.3 is 11.9 Å². The van der Waals surface area contributed by atoms with Crippen LogP contribution in [0.4, 0.5) is 0 Å². The molecule has 0 bridgehead atoms. The first-order chi connectivity index (χ1) is 21.7. The molecule has 0 aromatic heterocycles. The van der Waals surface area contributed by atoms with Gasteiger partial charge in [0.05, 0.1) is 48.7 Å². The summed E-state index contributed by atoms with van der Waals surface area (Å²) in [6.07, 6.45) is -0.188. The second kappa shape index (κ2) is 13.9. The highest BCUT2D eigenvalue weighted by atomic mass is 32.2. The second-order valence-corrected chi connectivity index (χ2v) is 12.2. The normalized spacial score (nSPS) is 16.4. The van der Waals surface area contributed by atoms with Crippen LogP contribution in [0.3, 0.4) is 0 Å². The van der Waals surface area contributed by atoms with Crippen molar-refractivity contribution >= 4 is 33.7 Å². The van der Waals surface area contributed by atoms with E-state index in [-0.39, 0.29) is 54.5 Å². The number of nitrogens with zero attached hydrogens (tertiary/aromatic N) is 1. The number of amides is 1. The van der Waals surface area contributed by atoms with Crippen molar-refractivity contribution in [3.63, 3.8) is 0 Å². The van der Waals surface area contributed by atoms with Crippen LogP contribution in [0.1, 0.15) is 60.8 Å². The molecular formula is C31H32N2O12S. The number of esters is 2. The molecule has 1 saturated heterocycles. The van der Waals surface area contributed by atoms with Crippen LogP contribution in [0.2, 0.25) is 0 Å². The summed E-state index contributed by atoms with van der Waals surface area (Å²) in [7, 11) is -3.75. The van der Waals surface area contributed by atoms with Crippen molar-refractivity contribution in [3.8, 4) is 23.0 Å². The molecule has 0 radical (unpaired) electrons. The van der Waals surface area contributed by atoms with Gasteiger partial charge in [0.25, 0.3) is 5.91 Å². The van der Waals surface area contributed by atoms with E-state index in [4.69, 9.17) is 14.2 Å². The third-order valence-electron chi connectivity index (χ3n) is 7.01. The van der Waals surface area contributed by atoms with Gasteiger partial charge in [0, 0.05) is 12.1 Å². The number of carbonyl (C=O) groups excluding carboxylic acids is 4. The molecule has 4 rings (SSSR count). The first kappa shape index (κ1) is 33.7. The maximum absolute atomic E-state index is 13.6. The number of benzene rings is 3.